The Labute approximate surface area is 87.7 Å². The van der Waals surface area contributed by atoms with E-state index in [1.54, 1.807) is 0 Å². The normalized spacial score (nSPS) is 20.1. The first-order valence-corrected chi connectivity index (χ1v) is 4.53. The topological polar surface area (TPSA) is 64.6 Å². The summed E-state index contributed by atoms with van der Waals surface area (Å²) in [6.45, 7) is 3.70. The van der Waals surface area contributed by atoms with Gasteiger partial charge < -0.3 is 14.8 Å². The Morgan fingerprint density at radius 3 is 2.67 bits per heavy atom. The third-order valence-electron chi connectivity index (χ3n) is 1.89. The zero-order chi connectivity index (χ0) is 11.3. The molecule has 0 aliphatic carbocycles. The van der Waals surface area contributed by atoms with Gasteiger partial charge in [0.05, 0.1) is 7.11 Å². The molecule has 0 aromatic rings. The summed E-state index contributed by atoms with van der Waals surface area (Å²) in [6.07, 6.45) is 3.21. The maximum Gasteiger partial charge on any atom is 0.332 e. The Morgan fingerprint density at radius 1 is 1.47 bits per heavy atom. The van der Waals surface area contributed by atoms with Crippen LogP contribution in [0.5, 0.6) is 0 Å². The highest BCUT2D eigenvalue weighted by Gasteiger charge is 2.19. The minimum Gasteiger partial charge on any atom is -0.466 e. The largest absolute Gasteiger partial charge is 0.466 e. The van der Waals surface area contributed by atoms with E-state index in [-0.39, 0.29) is 6.23 Å². The Balaban J connectivity index is 2.33. The molecular weight excluding hydrogens is 198 g/mol. The second-order valence-corrected chi connectivity index (χ2v) is 3.07. The summed E-state index contributed by atoms with van der Waals surface area (Å²) in [7, 11) is 1.24. The van der Waals surface area contributed by atoms with Crippen molar-refractivity contribution in [1.82, 2.24) is 5.32 Å². The van der Waals surface area contributed by atoms with E-state index in [1.165, 1.54) is 7.11 Å². The molecular formula is C10H13NO4. The third kappa shape index (κ3) is 3.84. The number of rotatable bonds is 3. The van der Waals surface area contributed by atoms with Gasteiger partial charge in [0.1, 0.15) is 0 Å². The molecule has 0 saturated carbocycles. The van der Waals surface area contributed by atoms with Crippen LogP contribution in [0.2, 0.25) is 0 Å². The minimum absolute atomic E-state index is 0.340. The molecule has 15 heavy (non-hydrogen) atoms. The van der Waals surface area contributed by atoms with Gasteiger partial charge in [-0.1, -0.05) is 6.58 Å². The van der Waals surface area contributed by atoms with Crippen molar-refractivity contribution >= 4 is 11.9 Å². The number of carbonyl (C=O) groups excluding carboxylic acids is 2. The number of methoxy groups -OCH3 is 1. The summed E-state index contributed by atoms with van der Waals surface area (Å²) >= 11 is 0. The van der Waals surface area contributed by atoms with Gasteiger partial charge in [-0.2, -0.15) is 0 Å². The first kappa shape index (κ1) is 11.3. The lowest BCUT2D eigenvalue weighted by atomic mass is 10.3. The predicted octanol–water partition coefficient (Wildman–Crippen LogP) is 0.482. The van der Waals surface area contributed by atoms with E-state index in [0.717, 1.165) is 24.3 Å². The Kier molecular flexibility index (Phi) is 3.91. The van der Waals surface area contributed by atoms with Crippen LogP contribution < -0.4 is 5.32 Å². The van der Waals surface area contributed by atoms with Gasteiger partial charge in [0.2, 0.25) is 0 Å². The number of allylic oxidation sites excluding steroid dienone is 1. The van der Waals surface area contributed by atoms with E-state index in [2.05, 4.69) is 16.6 Å². The van der Waals surface area contributed by atoms with Crippen molar-refractivity contribution in [1.29, 1.82) is 0 Å². The van der Waals surface area contributed by atoms with E-state index in [9.17, 15) is 9.59 Å². The zero-order valence-corrected chi connectivity index (χ0v) is 8.49. The maximum atomic E-state index is 11.1. The molecule has 0 amide bonds. The van der Waals surface area contributed by atoms with Crippen molar-refractivity contribution < 1.29 is 19.1 Å². The first-order chi connectivity index (χ1) is 7.11. The van der Waals surface area contributed by atoms with Crippen molar-refractivity contribution in [3.63, 3.8) is 0 Å². The molecule has 82 valence electrons. The molecule has 1 saturated heterocycles. The maximum absolute atomic E-state index is 11.1. The van der Waals surface area contributed by atoms with Crippen LogP contribution in [-0.2, 0) is 19.1 Å². The summed E-state index contributed by atoms with van der Waals surface area (Å²) < 4.78 is 9.30. The number of hydrogen-bond acceptors (Lipinski definition) is 5. The first-order valence-electron chi connectivity index (χ1n) is 4.53. The fourth-order valence-corrected chi connectivity index (χ4v) is 1.15. The number of esters is 2. The molecule has 1 aliphatic heterocycles. The van der Waals surface area contributed by atoms with Gasteiger partial charge in [0.15, 0.2) is 6.23 Å². The number of nitrogens with one attached hydrogen (secondary N) is 1. The Morgan fingerprint density at radius 2 is 2.13 bits per heavy atom. The molecule has 5 nitrogen and oxygen atoms in total. The molecule has 0 bridgehead atoms. The fraction of sp³-hybridized carbons (Fsp3) is 0.400. The summed E-state index contributed by atoms with van der Waals surface area (Å²) in [5.74, 6) is -1.16. The monoisotopic (exact) mass is 211 g/mol. The van der Waals surface area contributed by atoms with Gasteiger partial charge in [-0.15, -0.1) is 0 Å². The molecule has 1 rings (SSSR count). The van der Waals surface area contributed by atoms with Crippen LogP contribution in [0.3, 0.4) is 0 Å². The molecule has 0 unspecified atom stereocenters. The zero-order valence-electron chi connectivity index (χ0n) is 8.49. The molecule has 0 spiro atoms. The summed E-state index contributed by atoms with van der Waals surface area (Å²) in [5.41, 5.74) is 0.852. The van der Waals surface area contributed by atoms with Gasteiger partial charge in [0.25, 0.3) is 0 Å². The van der Waals surface area contributed by atoms with E-state index in [4.69, 9.17) is 4.74 Å². The predicted molar refractivity (Wildman–Crippen MR) is 52.5 cm³/mol. The van der Waals surface area contributed by atoms with Crippen molar-refractivity contribution in [3.8, 4) is 0 Å². The summed E-state index contributed by atoms with van der Waals surface area (Å²) in [6, 6.07) is 0. The molecule has 1 atom stereocenters. The van der Waals surface area contributed by atoms with Crippen LogP contribution >= 0.6 is 0 Å². The molecule has 0 radical (unpaired) electrons. The van der Waals surface area contributed by atoms with Crippen molar-refractivity contribution in [2.24, 2.45) is 0 Å². The van der Waals surface area contributed by atoms with Crippen molar-refractivity contribution in [2.75, 3.05) is 7.11 Å². The smallest absolute Gasteiger partial charge is 0.332 e. The van der Waals surface area contributed by atoms with Gasteiger partial charge in [-0.05, 0) is 6.42 Å². The molecule has 1 heterocycles. The average molecular weight is 211 g/mol. The van der Waals surface area contributed by atoms with Crippen LogP contribution in [0.15, 0.2) is 24.4 Å². The van der Waals surface area contributed by atoms with Crippen LogP contribution in [0.4, 0.5) is 0 Å². The van der Waals surface area contributed by atoms with Gasteiger partial charge in [-0.3, -0.25) is 0 Å². The summed E-state index contributed by atoms with van der Waals surface area (Å²) in [4.78, 5) is 21.8. The quantitative estimate of drug-likeness (QED) is 0.543. The second-order valence-electron chi connectivity index (χ2n) is 3.07. The van der Waals surface area contributed by atoms with Crippen LogP contribution in [0.25, 0.3) is 0 Å². The van der Waals surface area contributed by atoms with Gasteiger partial charge >= 0.3 is 11.9 Å². The second kappa shape index (κ2) is 5.19. The summed E-state index contributed by atoms with van der Waals surface area (Å²) in [5, 5.41) is 2.90. The van der Waals surface area contributed by atoms with Crippen LogP contribution in [0, 0.1) is 0 Å². The molecule has 1 fully saturated rings. The van der Waals surface area contributed by atoms with E-state index >= 15 is 0 Å². The van der Waals surface area contributed by atoms with E-state index in [1.807, 2.05) is 0 Å². The molecule has 0 aromatic carbocycles. The molecule has 0 aromatic heterocycles. The lowest BCUT2D eigenvalue weighted by Crippen LogP contribution is -2.25. The lowest BCUT2D eigenvalue weighted by Gasteiger charge is -2.10. The minimum atomic E-state index is -0.587. The molecule has 5 heteroatoms. The molecule has 1 N–H and O–H groups in total. The van der Waals surface area contributed by atoms with E-state index in [0.29, 0.717) is 6.42 Å². The Hall–Kier alpha value is -1.78. The van der Waals surface area contributed by atoms with Crippen LogP contribution in [-0.4, -0.2) is 25.3 Å². The van der Waals surface area contributed by atoms with Crippen molar-refractivity contribution in [3.05, 3.63) is 24.4 Å². The lowest BCUT2D eigenvalue weighted by molar-refractivity contribution is -0.144. The van der Waals surface area contributed by atoms with Crippen LogP contribution in [0.1, 0.15) is 12.8 Å². The number of ether oxygens (including phenoxy) is 2. The number of carbonyl (C=O) groups is 2. The Bertz CT molecular complexity index is 309. The molecule has 1 aliphatic rings. The van der Waals surface area contributed by atoms with Gasteiger partial charge in [0, 0.05) is 24.3 Å². The third-order valence-corrected chi connectivity index (χ3v) is 1.89. The van der Waals surface area contributed by atoms with E-state index < -0.39 is 11.9 Å². The highest BCUT2D eigenvalue weighted by molar-refractivity contribution is 5.91. The SMILES string of the molecule is C=C1CC[C@@H](OC(=O)/C=C/C(=O)OC)N1. The highest BCUT2D eigenvalue weighted by Crippen LogP contribution is 2.14. The average Bonchev–Trinajstić information content (AvgIpc) is 2.60. The van der Waals surface area contributed by atoms with Crippen molar-refractivity contribution in [2.45, 2.75) is 19.1 Å². The highest BCUT2D eigenvalue weighted by atomic mass is 16.6. The fourth-order valence-electron chi connectivity index (χ4n) is 1.15. The number of hydrogen-bond donors (Lipinski definition) is 1. The standard InChI is InChI=1S/C10H13NO4/c1-7-3-4-8(11-7)15-10(13)6-5-9(12)14-2/h5-6,8,11H,1,3-4H2,2H3/b6-5+/t8-/m1/s1. The van der Waals surface area contributed by atoms with Gasteiger partial charge in [-0.25, -0.2) is 9.59 Å².